The molecule has 13 heavy (non-hydrogen) atoms. The minimum atomic E-state index is -0.571. The monoisotopic (exact) mass is 192 g/mol. The molecule has 1 atom stereocenters. The lowest BCUT2D eigenvalue weighted by Crippen LogP contribution is -2.61. The van der Waals surface area contributed by atoms with Crippen molar-refractivity contribution < 1.29 is 19.3 Å². The molecular formula is C9H24N2O2+2. The van der Waals surface area contributed by atoms with Gasteiger partial charge in [0.15, 0.2) is 0 Å². The van der Waals surface area contributed by atoms with Gasteiger partial charge in [-0.25, -0.2) is 5.21 Å². The summed E-state index contributed by atoms with van der Waals surface area (Å²) >= 11 is 0. The van der Waals surface area contributed by atoms with Crippen LogP contribution in [0.2, 0.25) is 0 Å². The zero-order valence-corrected chi connectivity index (χ0v) is 9.96. The SMILES string of the molecule is CCC(C)(O[N+](C)(C)C)[N+](C)(C)O. The lowest BCUT2D eigenvalue weighted by molar-refractivity contribution is -1.20. The second-order valence-corrected chi connectivity index (χ2v) is 4.90. The van der Waals surface area contributed by atoms with Crippen LogP contribution >= 0.6 is 0 Å². The summed E-state index contributed by atoms with van der Waals surface area (Å²) in [7, 11) is 9.25. The Balaban J connectivity index is 4.67. The first-order chi connectivity index (χ1) is 5.52. The van der Waals surface area contributed by atoms with Crippen LogP contribution in [0.15, 0.2) is 0 Å². The topological polar surface area (TPSA) is 29.5 Å². The Kier molecular flexibility index (Phi) is 3.49. The fourth-order valence-corrected chi connectivity index (χ4v) is 1.14. The highest BCUT2D eigenvalue weighted by molar-refractivity contribution is 4.54. The van der Waals surface area contributed by atoms with E-state index in [0.29, 0.717) is 4.65 Å². The number of hydrogen-bond acceptors (Lipinski definition) is 2. The van der Waals surface area contributed by atoms with Gasteiger partial charge < -0.3 is 0 Å². The molecule has 0 aromatic heterocycles. The predicted octanol–water partition coefficient (Wildman–Crippen LogP) is 1.22. The van der Waals surface area contributed by atoms with Crippen molar-refractivity contribution in [1.82, 2.24) is 0 Å². The molecule has 0 saturated carbocycles. The van der Waals surface area contributed by atoms with Crippen molar-refractivity contribution in [2.75, 3.05) is 35.2 Å². The summed E-state index contributed by atoms with van der Waals surface area (Å²) < 4.78 is 0.200. The molecule has 4 nitrogen and oxygen atoms in total. The van der Waals surface area contributed by atoms with Gasteiger partial charge >= 0.3 is 0 Å². The first kappa shape index (κ1) is 12.8. The van der Waals surface area contributed by atoms with Crippen LogP contribution in [0.25, 0.3) is 0 Å². The largest absolute Gasteiger partial charge is 0.279 e. The smallest absolute Gasteiger partial charge is 0.215 e. The minimum Gasteiger partial charge on any atom is -0.215 e. The van der Waals surface area contributed by atoms with Crippen LogP contribution < -0.4 is 0 Å². The van der Waals surface area contributed by atoms with Crippen LogP contribution in [0.1, 0.15) is 20.3 Å². The Labute approximate surface area is 81.4 Å². The summed E-state index contributed by atoms with van der Waals surface area (Å²) in [5, 5.41) is 9.90. The first-order valence-corrected chi connectivity index (χ1v) is 4.61. The molecule has 0 saturated heterocycles. The van der Waals surface area contributed by atoms with Gasteiger partial charge in [0.2, 0.25) is 0 Å². The van der Waals surface area contributed by atoms with Gasteiger partial charge in [0.1, 0.15) is 14.1 Å². The van der Waals surface area contributed by atoms with Crippen LogP contribution in [-0.2, 0) is 4.84 Å². The summed E-state index contributed by atoms with van der Waals surface area (Å²) in [6, 6.07) is 0. The Bertz CT molecular complexity index is 169. The molecule has 0 amide bonds. The number of hydrogen-bond donors (Lipinski definition) is 1. The van der Waals surface area contributed by atoms with E-state index in [4.69, 9.17) is 4.84 Å². The minimum absolute atomic E-state index is 0.182. The van der Waals surface area contributed by atoms with Gasteiger partial charge in [-0.3, -0.25) is 0 Å². The standard InChI is InChI=1S/C9H24N2O2/c1-8-9(2,11(6,7)12)13-10(3,4)5/h12H,8H2,1-7H3/q+2. The van der Waals surface area contributed by atoms with Crippen LogP contribution in [0.4, 0.5) is 0 Å². The van der Waals surface area contributed by atoms with Gasteiger partial charge in [0.25, 0.3) is 5.72 Å². The second-order valence-electron chi connectivity index (χ2n) is 4.90. The van der Waals surface area contributed by atoms with Crippen LogP contribution in [0, 0.1) is 0 Å². The quantitative estimate of drug-likeness (QED) is 0.412. The second kappa shape index (κ2) is 3.53. The van der Waals surface area contributed by atoms with E-state index in [-0.39, 0.29) is 4.65 Å². The normalized spacial score (nSPS) is 18.5. The van der Waals surface area contributed by atoms with Gasteiger partial charge in [-0.05, 0) is 0 Å². The van der Waals surface area contributed by atoms with Gasteiger partial charge in [0, 0.05) is 13.3 Å². The molecule has 1 N–H and O–H groups in total. The average Bonchev–Trinajstić information content (AvgIpc) is 1.81. The zero-order valence-electron chi connectivity index (χ0n) is 9.96. The Morgan fingerprint density at radius 3 is 1.62 bits per heavy atom. The van der Waals surface area contributed by atoms with Gasteiger partial charge in [-0.1, -0.05) is 6.92 Å². The van der Waals surface area contributed by atoms with Crippen LogP contribution in [0.5, 0.6) is 0 Å². The molecule has 4 heteroatoms. The van der Waals surface area contributed by atoms with Gasteiger partial charge in [0.05, 0.1) is 21.1 Å². The third-order valence-corrected chi connectivity index (χ3v) is 2.28. The lowest BCUT2D eigenvalue weighted by Gasteiger charge is -2.40. The molecule has 0 fully saturated rings. The maximum absolute atomic E-state index is 9.90. The summed E-state index contributed by atoms with van der Waals surface area (Å²) in [4.78, 5) is 5.80. The van der Waals surface area contributed by atoms with Crippen LogP contribution in [0.3, 0.4) is 0 Å². The predicted molar refractivity (Wildman–Crippen MR) is 51.7 cm³/mol. The van der Waals surface area contributed by atoms with E-state index in [2.05, 4.69) is 0 Å². The molecule has 0 spiro atoms. The molecule has 0 radical (unpaired) electrons. The highest BCUT2D eigenvalue weighted by atomic mass is 16.8. The first-order valence-electron chi connectivity index (χ1n) is 4.61. The van der Waals surface area contributed by atoms with Crippen molar-refractivity contribution in [3.8, 4) is 0 Å². The zero-order chi connectivity index (χ0) is 10.9. The molecule has 0 aliphatic rings. The van der Waals surface area contributed by atoms with Crippen molar-refractivity contribution in [1.29, 1.82) is 0 Å². The van der Waals surface area contributed by atoms with Crippen molar-refractivity contribution >= 4 is 0 Å². The summed E-state index contributed by atoms with van der Waals surface area (Å²) in [6.07, 6.45) is 0.756. The molecule has 0 aromatic carbocycles. The van der Waals surface area contributed by atoms with E-state index >= 15 is 0 Å². The molecule has 0 aliphatic carbocycles. The van der Waals surface area contributed by atoms with E-state index in [1.54, 1.807) is 14.1 Å². The van der Waals surface area contributed by atoms with Gasteiger partial charge in [-0.15, -0.1) is 4.84 Å². The fourth-order valence-electron chi connectivity index (χ4n) is 1.14. The van der Waals surface area contributed by atoms with E-state index in [1.165, 1.54) is 0 Å². The van der Waals surface area contributed by atoms with E-state index in [1.807, 2.05) is 35.0 Å². The number of rotatable bonds is 4. The Hall–Kier alpha value is -0.160. The molecule has 0 aliphatic heterocycles. The molecular weight excluding hydrogens is 168 g/mol. The Morgan fingerprint density at radius 2 is 1.54 bits per heavy atom. The van der Waals surface area contributed by atoms with E-state index in [9.17, 15) is 5.21 Å². The third-order valence-electron chi connectivity index (χ3n) is 2.28. The number of hydroxylamine groups is 6. The lowest BCUT2D eigenvalue weighted by atomic mass is 10.2. The third kappa shape index (κ3) is 3.60. The average molecular weight is 192 g/mol. The highest BCUT2D eigenvalue weighted by Gasteiger charge is 2.46. The number of nitrogens with zero attached hydrogens (tertiary/aromatic N) is 2. The van der Waals surface area contributed by atoms with Crippen molar-refractivity contribution in [3.63, 3.8) is 0 Å². The van der Waals surface area contributed by atoms with Crippen molar-refractivity contribution in [3.05, 3.63) is 0 Å². The van der Waals surface area contributed by atoms with Crippen molar-refractivity contribution in [2.45, 2.75) is 26.0 Å². The molecule has 1 unspecified atom stereocenters. The van der Waals surface area contributed by atoms with Crippen LogP contribution in [-0.4, -0.2) is 55.5 Å². The molecule has 0 rings (SSSR count). The maximum Gasteiger partial charge on any atom is 0.279 e. The molecule has 0 bridgehead atoms. The fraction of sp³-hybridized carbons (Fsp3) is 1.00. The number of quaternary nitrogens is 2. The Morgan fingerprint density at radius 1 is 1.15 bits per heavy atom. The molecule has 0 aromatic rings. The van der Waals surface area contributed by atoms with E-state index < -0.39 is 5.72 Å². The molecule has 80 valence electrons. The van der Waals surface area contributed by atoms with Gasteiger partial charge in [-0.2, -0.15) is 9.29 Å². The highest BCUT2D eigenvalue weighted by Crippen LogP contribution is 2.25. The molecule has 0 heterocycles. The summed E-state index contributed by atoms with van der Waals surface area (Å²) in [5.74, 6) is 0. The maximum atomic E-state index is 9.90. The summed E-state index contributed by atoms with van der Waals surface area (Å²) in [6.45, 7) is 3.92. The van der Waals surface area contributed by atoms with Crippen molar-refractivity contribution in [2.24, 2.45) is 0 Å². The summed E-state index contributed by atoms with van der Waals surface area (Å²) in [5.41, 5.74) is -0.571. The van der Waals surface area contributed by atoms with E-state index in [0.717, 1.165) is 6.42 Å².